The van der Waals surface area contributed by atoms with Crippen molar-refractivity contribution in [3.05, 3.63) is 93.4 Å². The van der Waals surface area contributed by atoms with Gasteiger partial charge in [-0.05, 0) is 23.8 Å². The van der Waals surface area contributed by atoms with Crippen molar-refractivity contribution in [2.45, 2.75) is 26.4 Å². The number of aromatic nitrogens is 2. The lowest BCUT2D eigenvalue weighted by molar-refractivity contribution is -0.137. The minimum atomic E-state index is -4.37. The van der Waals surface area contributed by atoms with Gasteiger partial charge >= 0.3 is 11.8 Å². The van der Waals surface area contributed by atoms with Crippen LogP contribution in [-0.4, -0.2) is 9.38 Å². The molecule has 0 radical (unpaired) electrons. The van der Waals surface area contributed by atoms with Crippen LogP contribution in [0.25, 0.3) is 27.2 Å². The van der Waals surface area contributed by atoms with E-state index < -0.39 is 17.4 Å². The third kappa shape index (κ3) is 4.31. The molecule has 0 saturated carbocycles. The highest BCUT2D eigenvalue weighted by molar-refractivity contribution is 7.17. The summed E-state index contributed by atoms with van der Waals surface area (Å²) in [7, 11) is 0. The number of halogens is 3. The number of rotatable bonds is 3. The summed E-state index contributed by atoms with van der Waals surface area (Å²) in [6.07, 6.45) is -0.455. The van der Waals surface area contributed by atoms with Gasteiger partial charge in [0.05, 0.1) is 16.8 Å². The van der Waals surface area contributed by atoms with E-state index in [0.717, 1.165) is 22.4 Å². The highest BCUT2D eigenvalue weighted by Gasteiger charge is 2.30. The van der Waals surface area contributed by atoms with E-state index in [1.807, 2.05) is 32.2 Å². The second kappa shape index (κ2) is 8.63. The first-order valence-corrected chi connectivity index (χ1v) is 10.9. The van der Waals surface area contributed by atoms with Crippen LogP contribution < -0.4 is 5.63 Å². The van der Waals surface area contributed by atoms with Gasteiger partial charge in [-0.2, -0.15) is 13.2 Å². The van der Waals surface area contributed by atoms with E-state index in [1.54, 1.807) is 34.9 Å². The number of thiazole rings is 1. The number of hydrogen-bond acceptors (Lipinski definition) is 4. The first-order chi connectivity index (χ1) is 15.4. The molecule has 0 unspecified atom stereocenters. The van der Waals surface area contributed by atoms with Gasteiger partial charge in [-0.15, -0.1) is 11.3 Å². The smallest absolute Gasteiger partial charge is 0.416 e. The maximum Gasteiger partial charge on any atom is 0.416 e. The highest BCUT2D eigenvalue weighted by atomic mass is 32.1. The Balaban J connectivity index is 0.00000119. The number of hydrogen-bond donors (Lipinski definition) is 0. The zero-order valence-corrected chi connectivity index (χ0v) is 18.1. The molecule has 0 aliphatic rings. The standard InChI is InChI=1S/C22H13F3N2O2S.C2H6/c23-22(24,25)15-6-3-4-13(8-15)9-16-11-27-12-18(26-21(27)30-16)17-10-14-5-1-2-7-19(14)29-20(17)28;1-2/h1-8,10-12H,9H2;1-2H3. The topological polar surface area (TPSA) is 47.5 Å². The van der Waals surface area contributed by atoms with E-state index in [1.165, 1.54) is 17.4 Å². The molecule has 3 heterocycles. The number of benzene rings is 2. The Kier molecular flexibility index (Phi) is 5.88. The molecule has 0 bridgehead atoms. The molecule has 4 nitrogen and oxygen atoms in total. The van der Waals surface area contributed by atoms with Crippen LogP contribution in [0.4, 0.5) is 13.2 Å². The molecular weight excluding hydrogens is 437 g/mol. The molecule has 0 aliphatic heterocycles. The molecule has 32 heavy (non-hydrogen) atoms. The molecule has 0 atom stereocenters. The van der Waals surface area contributed by atoms with E-state index in [-0.39, 0.29) is 0 Å². The molecule has 0 aliphatic carbocycles. The highest BCUT2D eigenvalue weighted by Crippen LogP contribution is 2.31. The average Bonchev–Trinajstić information content (AvgIpc) is 3.33. The lowest BCUT2D eigenvalue weighted by Crippen LogP contribution is -2.05. The minimum absolute atomic E-state index is 0.365. The Labute approximate surface area is 185 Å². The maximum atomic E-state index is 12.9. The predicted molar refractivity (Wildman–Crippen MR) is 120 cm³/mol. The number of imidazole rings is 1. The van der Waals surface area contributed by atoms with Gasteiger partial charge in [0.2, 0.25) is 0 Å². The summed E-state index contributed by atoms with van der Waals surface area (Å²) in [4.78, 5) is 18.4. The fraction of sp³-hybridized carbons (Fsp3) is 0.167. The van der Waals surface area contributed by atoms with Crippen LogP contribution in [0.5, 0.6) is 0 Å². The molecule has 5 aromatic rings. The monoisotopic (exact) mass is 456 g/mol. The summed E-state index contributed by atoms with van der Waals surface area (Å²) in [6, 6.07) is 14.3. The van der Waals surface area contributed by atoms with Crippen LogP contribution in [0.15, 0.2) is 76.2 Å². The molecule has 0 saturated heterocycles. The van der Waals surface area contributed by atoms with Gasteiger partial charge in [-0.1, -0.05) is 50.2 Å². The number of alkyl halides is 3. The van der Waals surface area contributed by atoms with Crippen LogP contribution in [0.2, 0.25) is 0 Å². The maximum absolute atomic E-state index is 12.9. The van der Waals surface area contributed by atoms with E-state index in [0.29, 0.717) is 33.8 Å². The SMILES string of the molecule is CC.O=c1oc2ccccc2cc1-c1cn2cc(Cc3cccc(C(F)(F)F)c3)sc2n1. The van der Waals surface area contributed by atoms with E-state index >= 15 is 0 Å². The molecule has 2 aromatic carbocycles. The summed E-state index contributed by atoms with van der Waals surface area (Å²) in [5.74, 6) is 0. The summed E-state index contributed by atoms with van der Waals surface area (Å²) in [5.41, 5.74) is 0.811. The Morgan fingerprint density at radius 3 is 2.56 bits per heavy atom. The second-order valence-corrected chi connectivity index (χ2v) is 7.97. The molecule has 0 fully saturated rings. The normalized spacial score (nSPS) is 11.5. The summed E-state index contributed by atoms with van der Waals surface area (Å²) in [5, 5.41) is 0.800. The Bertz CT molecular complexity index is 1420. The van der Waals surface area contributed by atoms with Crippen molar-refractivity contribution < 1.29 is 17.6 Å². The van der Waals surface area contributed by atoms with Crippen LogP contribution in [0, 0.1) is 0 Å². The quantitative estimate of drug-likeness (QED) is 0.280. The van der Waals surface area contributed by atoms with Gasteiger partial charge in [0.15, 0.2) is 4.96 Å². The summed E-state index contributed by atoms with van der Waals surface area (Å²) >= 11 is 1.37. The zero-order valence-electron chi connectivity index (χ0n) is 17.3. The van der Waals surface area contributed by atoms with E-state index in [9.17, 15) is 18.0 Å². The molecular formula is C24H19F3N2O2S. The van der Waals surface area contributed by atoms with Crippen molar-refractivity contribution in [1.29, 1.82) is 0 Å². The Morgan fingerprint density at radius 2 is 1.81 bits per heavy atom. The number of para-hydroxylation sites is 1. The van der Waals surface area contributed by atoms with Crippen LogP contribution >= 0.6 is 11.3 Å². The van der Waals surface area contributed by atoms with Crippen molar-refractivity contribution in [2.75, 3.05) is 0 Å². The van der Waals surface area contributed by atoms with Crippen molar-refractivity contribution >= 4 is 27.3 Å². The number of fused-ring (bicyclic) bond motifs is 2. The zero-order chi connectivity index (χ0) is 22.9. The molecule has 0 N–H and O–H groups in total. The molecule has 8 heteroatoms. The fourth-order valence-electron chi connectivity index (χ4n) is 3.35. The summed E-state index contributed by atoms with van der Waals surface area (Å²) in [6.45, 7) is 4.00. The Morgan fingerprint density at radius 1 is 1.03 bits per heavy atom. The number of nitrogens with zero attached hydrogens (tertiary/aromatic N) is 2. The van der Waals surface area contributed by atoms with Gasteiger partial charge < -0.3 is 4.42 Å². The molecule has 5 rings (SSSR count). The van der Waals surface area contributed by atoms with Crippen molar-refractivity contribution in [1.82, 2.24) is 9.38 Å². The lowest BCUT2D eigenvalue weighted by atomic mass is 10.1. The third-order valence-electron chi connectivity index (χ3n) is 4.75. The lowest BCUT2D eigenvalue weighted by Gasteiger charge is -2.07. The van der Waals surface area contributed by atoms with E-state index in [4.69, 9.17) is 4.42 Å². The Hall–Kier alpha value is -3.39. The predicted octanol–water partition coefficient (Wildman–Crippen LogP) is 6.81. The second-order valence-electron chi connectivity index (χ2n) is 6.87. The van der Waals surface area contributed by atoms with Crippen molar-refractivity contribution in [3.63, 3.8) is 0 Å². The van der Waals surface area contributed by atoms with Gasteiger partial charge in [0.25, 0.3) is 0 Å². The molecule has 0 amide bonds. The first-order valence-electron chi connectivity index (χ1n) is 10.0. The third-order valence-corrected chi connectivity index (χ3v) is 5.75. The first kappa shape index (κ1) is 21.8. The largest absolute Gasteiger partial charge is 0.422 e. The fourth-order valence-corrected chi connectivity index (χ4v) is 4.35. The molecule has 0 spiro atoms. The van der Waals surface area contributed by atoms with Gasteiger partial charge in [-0.3, -0.25) is 4.40 Å². The van der Waals surface area contributed by atoms with E-state index in [2.05, 4.69) is 4.98 Å². The van der Waals surface area contributed by atoms with Gasteiger partial charge in [-0.25, -0.2) is 9.78 Å². The van der Waals surface area contributed by atoms with Gasteiger partial charge in [0, 0.05) is 29.1 Å². The van der Waals surface area contributed by atoms with Crippen molar-refractivity contribution in [2.24, 2.45) is 0 Å². The van der Waals surface area contributed by atoms with Crippen molar-refractivity contribution in [3.8, 4) is 11.3 Å². The average molecular weight is 456 g/mol. The van der Waals surface area contributed by atoms with Crippen LogP contribution in [0.1, 0.15) is 29.9 Å². The van der Waals surface area contributed by atoms with Crippen LogP contribution in [-0.2, 0) is 12.6 Å². The molecule has 164 valence electrons. The molecule has 3 aromatic heterocycles. The summed E-state index contributed by atoms with van der Waals surface area (Å²) < 4.78 is 45.9. The van der Waals surface area contributed by atoms with Gasteiger partial charge in [0.1, 0.15) is 5.58 Å². The van der Waals surface area contributed by atoms with Crippen LogP contribution in [0.3, 0.4) is 0 Å². The minimum Gasteiger partial charge on any atom is -0.422 e.